The Morgan fingerprint density at radius 3 is 2.53 bits per heavy atom. The first-order valence-corrected chi connectivity index (χ1v) is 5.39. The van der Waals surface area contributed by atoms with Gasteiger partial charge in [0.05, 0.1) is 11.6 Å². The number of benzene rings is 2. The highest BCUT2D eigenvalue weighted by molar-refractivity contribution is 5.71. The number of hydrogen-bond donors (Lipinski definition) is 0. The zero-order chi connectivity index (χ0) is 12.4. The average molecular weight is 225 g/mol. The molecular weight excluding hydrogens is 213 g/mol. The van der Waals surface area contributed by atoms with E-state index < -0.39 is 0 Å². The molecule has 0 atom stereocenters. The van der Waals surface area contributed by atoms with E-state index in [9.17, 15) is 4.39 Å². The van der Waals surface area contributed by atoms with Gasteiger partial charge in [-0.1, -0.05) is 29.8 Å². The Kier molecular flexibility index (Phi) is 2.93. The molecular formula is C15H12FN. The van der Waals surface area contributed by atoms with E-state index in [1.165, 1.54) is 6.07 Å². The Morgan fingerprint density at radius 1 is 1.12 bits per heavy atom. The molecule has 17 heavy (non-hydrogen) atoms. The van der Waals surface area contributed by atoms with E-state index >= 15 is 0 Å². The maximum Gasteiger partial charge on any atom is 0.126 e. The van der Waals surface area contributed by atoms with Crippen LogP contribution in [0.25, 0.3) is 11.1 Å². The minimum absolute atomic E-state index is 0.277. The third kappa shape index (κ3) is 2.19. The average Bonchev–Trinajstić information content (AvgIpc) is 2.32. The Balaban J connectivity index is 2.67. The zero-order valence-corrected chi connectivity index (χ0v) is 9.79. The summed E-state index contributed by atoms with van der Waals surface area (Å²) in [6.45, 7) is 3.64. The van der Waals surface area contributed by atoms with Gasteiger partial charge in [-0.15, -0.1) is 0 Å². The molecule has 0 radical (unpaired) electrons. The molecule has 0 aliphatic rings. The summed E-state index contributed by atoms with van der Waals surface area (Å²) in [5, 5.41) is 9.09. The van der Waals surface area contributed by atoms with E-state index in [4.69, 9.17) is 5.26 Å². The number of nitrogens with zero attached hydrogens (tertiary/aromatic N) is 1. The van der Waals surface area contributed by atoms with Crippen LogP contribution in [0.4, 0.5) is 4.39 Å². The normalized spacial score (nSPS) is 10.0. The summed E-state index contributed by atoms with van der Waals surface area (Å²) >= 11 is 0. The minimum Gasteiger partial charge on any atom is -0.207 e. The van der Waals surface area contributed by atoms with Crippen molar-refractivity contribution in [2.45, 2.75) is 13.8 Å². The molecule has 0 unspecified atom stereocenters. The largest absolute Gasteiger partial charge is 0.207 e. The lowest BCUT2D eigenvalue weighted by Gasteiger charge is -2.07. The molecule has 0 spiro atoms. The monoisotopic (exact) mass is 225 g/mol. The molecule has 2 rings (SSSR count). The van der Waals surface area contributed by atoms with E-state index in [2.05, 4.69) is 6.07 Å². The zero-order valence-electron chi connectivity index (χ0n) is 9.79. The summed E-state index contributed by atoms with van der Waals surface area (Å²) in [5.74, 6) is -0.277. The summed E-state index contributed by atoms with van der Waals surface area (Å²) in [4.78, 5) is 0. The van der Waals surface area contributed by atoms with Gasteiger partial charge in [0, 0.05) is 5.56 Å². The number of hydrogen-bond acceptors (Lipinski definition) is 1. The first-order valence-electron chi connectivity index (χ1n) is 5.39. The minimum atomic E-state index is -0.277. The summed E-state index contributed by atoms with van der Waals surface area (Å²) in [5.41, 5.74) is 3.62. The molecule has 0 heterocycles. The van der Waals surface area contributed by atoms with Crippen molar-refractivity contribution in [2.75, 3.05) is 0 Å². The van der Waals surface area contributed by atoms with Crippen molar-refractivity contribution in [1.82, 2.24) is 0 Å². The Morgan fingerprint density at radius 2 is 1.88 bits per heavy atom. The van der Waals surface area contributed by atoms with E-state index in [1.54, 1.807) is 13.0 Å². The van der Waals surface area contributed by atoms with Crippen molar-refractivity contribution >= 4 is 0 Å². The van der Waals surface area contributed by atoms with Crippen LogP contribution in [0.15, 0.2) is 36.4 Å². The maximum absolute atomic E-state index is 13.6. The molecule has 0 saturated heterocycles. The highest BCUT2D eigenvalue weighted by Crippen LogP contribution is 2.26. The van der Waals surface area contributed by atoms with Crippen LogP contribution in [0.3, 0.4) is 0 Å². The maximum atomic E-state index is 13.6. The van der Waals surface area contributed by atoms with Crippen LogP contribution in [0.5, 0.6) is 0 Å². The molecule has 2 aromatic carbocycles. The lowest BCUT2D eigenvalue weighted by atomic mass is 9.97. The van der Waals surface area contributed by atoms with Crippen molar-refractivity contribution < 1.29 is 4.39 Å². The van der Waals surface area contributed by atoms with Crippen LogP contribution in [-0.4, -0.2) is 0 Å². The third-order valence-electron chi connectivity index (χ3n) is 2.75. The summed E-state index contributed by atoms with van der Waals surface area (Å²) < 4.78 is 13.6. The fraction of sp³-hybridized carbons (Fsp3) is 0.133. The molecule has 0 aliphatic heterocycles. The molecule has 1 nitrogen and oxygen atoms in total. The smallest absolute Gasteiger partial charge is 0.126 e. The van der Waals surface area contributed by atoms with E-state index in [-0.39, 0.29) is 5.82 Å². The number of aryl methyl sites for hydroxylation is 2. The number of nitriles is 1. The molecule has 0 aromatic heterocycles. The van der Waals surface area contributed by atoms with Crippen LogP contribution in [0.1, 0.15) is 16.7 Å². The van der Waals surface area contributed by atoms with Crippen LogP contribution in [0.2, 0.25) is 0 Å². The van der Waals surface area contributed by atoms with Crippen LogP contribution >= 0.6 is 0 Å². The highest BCUT2D eigenvalue weighted by Gasteiger charge is 2.09. The van der Waals surface area contributed by atoms with Crippen molar-refractivity contribution in [3.8, 4) is 17.2 Å². The van der Waals surface area contributed by atoms with Crippen LogP contribution < -0.4 is 0 Å². The molecule has 2 aromatic rings. The van der Waals surface area contributed by atoms with E-state index in [1.807, 2.05) is 31.2 Å². The van der Waals surface area contributed by atoms with Crippen molar-refractivity contribution in [1.29, 1.82) is 5.26 Å². The predicted octanol–water partition coefficient (Wildman–Crippen LogP) is 3.98. The molecule has 84 valence electrons. The quantitative estimate of drug-likeness (QED) is 0.720. The summed E-state index contributed by atoms with van der Waals surface area (Å²) in [6.07, 6.45) is 0. The van der Waals surface area contributed by atoms with Gasteiger partial charge in [0.1, 0.15) is 5.82 Å². The molecule has 0 fully saturated rings. The van der Waals surface area contributed by atoms with Gasteiger partial charge < -0.3 is 0 Å². The van der Waals surface area contributed by atoms with Gasteiger partial charge in [-0.05, 0) is 37.1 Å². The number of rotatable bonds is 1. The fourth-order valence-corrected chi connectivity index (χ4v) is 1.83. The molecule has 0 saturated carbocycles. The second kappa shape index (κ2) is 4.39. The Labute approximate surface area is 100 Å². The first kappa shape index (κ1) is 11.3. The van der Waals surface area contributed by atoms with E-state index in [0.29, 0.717) is 16.7 Å². The molecule has 0 aliphatic carbocycles. The fourth-order valence-electron chi connectivity index (χ4n) is 1.83. The summed E-state index contributed by atoms with van der Waals surface area (Å²) in [7, 11) is 0. The molecule has 0 amide bonds. The van der Waals surface area contributed by atoms with Crippen LogP contribution in [0, 0.1) is 31.0 Å². The molecule has 0 bridgehead atoms. The van der Waals surface area contributed by atoms with Gasteiger partial charge in [-0.2, -0.15) is 5.26 Å². The molecule has 0 N–H and O–H groups in total. The first-order chi connectivity index (χ1) is 8.11. The molecule has 2 heteroatoms. The third-order valence-corrected chi connectivity index (χ3v) is 2.75. The Hall–Kier alpha value is -2.14. The van der Waals surface area contributed by atoms with Crippen LogP contribution in [-0.2, 0) is 0 Å². The highest BCUT2D eigenvalue weighted by atomic mass is 19.1. The topological polar surface area (TPSA) is 23.8 Å². The second-order valence-electron chi connectivity index (χ2n) is 4.13. The second-order valence-corrected chi connectivity index (χ2v) is 4.13. The Bertz CT molecular complexity index is 609. The lowest BCUT2D eigenvalue weighted by molar-refractivity contribution is 0.619. The van der Waals surface area contributed by atoms with Gasteiger partial charge in [0.15, 0.2) is 0 Å². The standard InChI is InChI=1S/C15H12FN/c1-10-4-3-5-12(6-10)14-8-15(16)11(2)7-13(14)9-17/h3-8H,1-2H3. The van der Waals surface area contributed by atoms with Gasteiger partial charge in [0.25, 0.3) is 0 Å². The van der Waals surface area contributed by atoms with Crippen molar-refractivity contribution in [2.24, 2.45) is 0 Å². The van der Waals surface area contributed by atoms with Gasteiger partial charge in [-0.3, -0.25) is 0 Å². The summed E-state index contributed by atoms with van der Waals surface area (Å²) in [6, 6.07) is 12.9. The van der Waals surface area contributed by atoms with E-state index in [0.717, 1.165) is 11.1 Å². The van der Waals surface area contributed by atoms with Crippen molar-refractivity contribution in [3.63, 3.8) is 0 Å². The van der Waals surface area contributed by atoms with Gasteiger partial charge >= 0.3 is 0 Å². The van der Waals surface area contributed by atoms with Crippen molar-refractivity contribution in [3.05, 3.63) is 58.9 Å². The predicted molar refractivity (Wildman–Crippen MR) is 66.0 cm³/mol. The number of halogens is 1. The lowest BCUT2D eigenvalue weighted by Crippen LogP contribution is -1.90. The SMILES string of the molecule is Cc1cccc(-c2cc(F)c(C)cc2C#N)c1. The van der Waals surface area contributed by atoms with Gasteiger partial charge in [-0.25, -0.2) is 4.39 Å². The van der Waals surface area contributed by atoms with Gasteiger partial charge in [0.2, 0.25) is 0 Å².